The first-order valence-electron chi connectivity index (χ1n) is 9.72. The van der Waals surface area contributed by atoms with Gasteiger partial charge in [-0.3, -0.25) is 19.2 Å². The van der Waals surface area contributed by atoms with Crippen molar-refractivity contribution in [2.24, 2.45) is 0 Å². The number of hydrogen-bond donors (Lipinski definition) is 1. The van der Waals surface area contributed by atoms with Crippen LogP contribution in [-0.2, 0) is 21.2 Å². The van der Waals surface area contributed by atoms with Crippen LogP contribution in [0.3, 0.4) is 0 Å². The quantitative estimate of drug-likeness (QED) is 0.455. The predicted octanol–water partition coefficient (Wildman–Crippen LogP) is 3.58. The number of nitrogens with zero attached hydrogens (tertiary/aromatic N) is 2. The molecule has 0 saturated heterocycles. The lowest BCUT2D eigenvalue weighted by molar-refractivity contribution is -0.384. The molecule has 0 aliphatic rings. The van der Waals surface area contributed by atoms with E-state index in [1.165, 1.54) is 29.8 Å². The molecule has 0 heterocycles. The molecule has 2 aromatic carbocycles. The highest BCUT2D eigenvalue weighted by molar-refractivity contribution is 7.92. The van der Waals surface area contributed by atoms with E-state index in [-0.39, 0.29) is 42.7 Å². The Balaban J connectivity index is 1.97. The number of nitro benzene ring substituents is 1. The van der Waals surface area contributed by atoms with Gasteiger partial charge in [0.05, 0.1) is 22.9 Å². The highest BCUT2D eigenvalue weighted by atomic mass is 32.2. The molecule has 0 bridgehead atoms. The highest BCUT2D eigenvalue weighted by Crippen LogP contribution is 2.23. The van der Waals surface area contributed by atoms with E-state index in [1.807, 2.05) is 31.2 Å². The molecule has 8 nitrogen and oxygen atoms in total. The van der Waals surface area contributed by atoms with E-state index >= 15 is 0 Å². The van der Waals surface area contributed by atoms with E-state index in [2.05, 4.69) is 12.2 Å². The molecular formula is C21H27N3O5S. The van der Waals surface area contributed by atoms with Crippen LogP contribution in [0.4, 0.5) is 11.4 Å². The number of hydrogen-bond acceptors (Lipinski definition) is 5. The molecule has 0 radical (unpaired) electrons. The first-order valence-corrected chi connectivity index (χ1v) is 11.6. The van der Waals surface area contributed by atoms with Crippen LogP contribution in [0.15, 0.2) is 48.5 Å². The lowest BCUT2D eigenvalue weighted by atomic mass is 10.0. The van der Waals surface area contributed by atoms with Gasteiger partial charge in [-0.1, -0.05) is 37.3 Å². The largest absolute Gasteiger partial charge is 0.350 e. The van der Waals surface area contributed by atoms with Gasteiger partial charge >= 0.3 is 0 Å². The molecule has 9 heteroatoms. The molecule has 1 N–H and O–H groups in total. The van der Waals surface area contributed by atoms with Crippen LogP contribution < -0.4 is 9.62 Å². The summed E-state index contributed by atoms with van der Waals surface area (Å²) in [5, 5.41) is 13.9. The van der Waals surface area contributed by atoms with Crippen molar-refractivity contribution in [2.45, 2.75) is 39.2 Å². The van der Waals surface area contributed by atoms with Gasteiger partial charge in [0.25, 0.3) is 5.69 Å². The molecule has 0 aliphatic heterocycles. The Morgan fingerprint density at radius 1 is 1.20 bits per heavy atom. The van der Waals surface area contributed by atoms with Crippen molar-refractivity contribution in [1.29, 1.82) is 0 Å². The Morgan fingerprint density at radius 3 is 2.43 bits per heavy atom. The van der Waals surface area contributed by atoms with Gasteiger partial charge in [-0.25, -0.2) is 8.42 Å². The molecule has 2 rings (SSSR count). The van der Waals surface area contributed by atoms with Crippen molar-refractivity contribution in [3.05, 3.63) is 69.8 Å². The summed E-state index contributed by atoms with van der Waals surface area (Å²) in [6, 6.07) is 13.3. The number of aryl methyl sites for hydroxylation is 1. The molecule has 30 heavy (non-hydrogen) atoms. The van der Waals surface area contributed by atoms with Crippen molar-refractivity contribution >= 4 is 27.3 Å². The fourth-order valence-corrected chi connectivity index (χ4v) is 4.03. The zero-order valence-electron chi connectivity index (χ0n) is 17.4. The lowest BCUT2D eigenvalue weighted by Gasteiger charge is -2.22. The number of anilines is 1. The standard InChI is InChI=1S/C21H27N3O5S/c1-4-17-10-12-18(13-11-17)16(2)22-21(25)9-6-14-23(30(3,28)29)19-7-5-8-20(15-19)24(26)27/h5,7-8,10-13,15-16H,4,6,9,14H2,1-3H3,(H,22,25)/t16-/m1/s1. The fourth-order valence-electron chi connectivity index (χ4n) is 3.07. The van der Waals surface area contributed by atoms with E-state index in [0.29, 0.717) is 0 Å². The Morgan fingerprint density at radius 2 is 1.87 bits per heavy atom. The van der Waals surface area contributed by atoms with Crippen LogP contribution in [0.1, 0.15) is 43.9 Å². The Labute approximate surface area is 177 Å². The molecule has 1 amide bonds. The minimum absolute atomic E-state index is 0.0486. The number of nitro groups is 1. The molecule has 0 saturated carbocycles. The zero-order valence-corrected chi connectivity index (χ0v) is 18.2. The van der Waals surface area contributed by atoms with Crippen LogP contribution in [0.25, 0.3) is 0 Å². The van der Waals surface area contributed by atoms with Crippen LogP contribution in [-0.4, -0.2) is 32.0 Å². The Hall–Kier alpha value is -2.94. The summed E-state index contributed by atoms with van der Waals surface area (Å²) in [6.07, 6.45) is 2.40. The average molecular weight is 434 g/mol. The van der Waals surface area contributed by atoms with E-state index in [1.54, 1.807) is 0 Å². The topological polar surface area (TPSA) is 110 Å². The number of benzene rings is 2. The summed E-state index contributed by atoms with van der Waals surface area (Å²) in [5.74, 6) is -0.186. The van der Waals surface area contributed by atoms with Gasteiger partial charge in [-0.15, -0.1) is 0 Å². The third-order valence-corrected chi connectivity index (χ3v) is 5.95. The van der Waals surface area contributed by atoms with Gasteiger partial charge in [0.2, 0.25) is 15.9 Å². The van der Waals surface area contributed by atoms with Crippen molar-refractivity contribution in [1.82, 2.24) is 5.32 Å². The summed E-state index contributed by atoms with van der Waals surface area (Å²) in [7, 11) is -3.65. The molecule has 0 unspecified atom stereocenters. The second-order valence-electron chi connectivity index (χ2n) is 7.10. The second kappa shape index (κ2) is 10.2. The molecular weight excluding hydrogens is 406 g/mol. The second-order valence-corrected chi connectivity index (χ2v) is 9.01. The zero-order chi connectivity index (χ0) is 22.3. The summed E-state index contributed by atoms with van der Waals surface area (Å²) >= 11 is 0. The maximum atomic E-state index is 12.3. The van der Waals surface area contributed by atoms with Gasteiger partial charge in [0.1, 0.15) is 0 Å². The maximum absolute atomic E-state index is 12.3. The SMILES string of the molecule is CCc1ccc([C@@H](C)NC(=O)CCCN(c2cccc([N+](=O)[O-])c2)S(C)(=O)=O)cc1. The highest BCUT2D eigenvalue weighted by Gasteiger charge is 2.20. The summed E-state index contributed by atoms with van der Waals surface area (Å²) < 4.78 is 25.4. The third-order valence-electron chi connectivity index (χ3n) is 4.76. The number of rotatable bonds is 10. The predicted molar refractivity (Wildman–Crippen MR) is 117 cm³/mol. The Kier molecular flexibility index (Phi) is 7.93. The number of nitrogens with one attached hydrogen (secondary N) is 1. The molecule has 1 atom stereocenters. The lowest BCUT2D eigenvalue weighted by Crippen LogP contribution is -2.32. The van der Waals surface area contributed by atoms with Crippen LogP contribution in [0.2, 0.25) is 0 Å². The minimum Gasteiger partial charge on any atom is -0.350 e. The minimum atomic E-state index is -3.65. The van der Waals surface area contributed by atoms with E-state index in [4.69, 9.17) is 0 Å². The maximum Gasteiger partial charge on any atom is 0.271 e. The van der Waals surface area contributed by atoms with Crippen molar-refractivity contribution in [3.63, 3.8) is 0 Å². The summed E-state index contributed by atoms with van der Waals surface area (Å²) in [5.41, 5.74) is 2.23. The van der Waals surface area contributed by atoms with Crippen molar-refractivity contribution in [2.75, 3.05) is 17.1 Å². The number of carbonyl (C=O) groups excluding carboxylic acids is 1. The van der Waals surface area contributed by atoms with Gasteiger partial charge in [0.15, 0.2) is 0 Å². The summed E-state index contributed by atoms with van der Waals surface area (Å²) in [6.45, 7) is 4.02. The van der Waals surface area contributed by atoms with Crippen molar-refractivity contribution in [3.8, 4) is 0 Å². The van der Waals surface area contributed by atoms with E-state index in [0.717, 1.165) is 22.5 Å². The first-order chi connectivity index (χ1) is 14.1. The third kappa shape index (κ3) is 6.55. The van der Waals surface area contributed by atoms with Crippen molar-refractivity contribution < 1.29 is 18.1 Å². The Bertz CT molecular complexity index is 990. The molecule has 2 aromatic rings. The average Bonchev–Trinajstić information content (AvgIpc) is 2.70. The van der Waals surface area contributed by atoms with Gasteiger partial charge in [-0.05, 0) is 37.0 Å². The molecule has 0 aliphatic carbocycles. The molecule has 0 fully saturated rings. The molecule has 0 aromatic heterocycles. The van der Waals surface area contributed by atoms with Gasteiger partial charge < -0.3 is 5.32 Å². The fraction of sp³-hybridized carbons (Fsp3) is 0.381. The van der Waals surface area contributed by atoms with Crippen LogP contribution in [0.5, 0.6) is 0 Å². The van der Waals surface area contributed by atoms with E-state index < -0.39 is 14.9 Å². The number of amides is 1. The monoisotopic (exact) mass is 433 g/mol. The van der Waals surface area contributed by atoms with Gasteiger partial charge in [0, 0.05) is 25.1 Å². The number of sulfonamides is 1. The number of non-ortho nitro benzene ring substituents is 1. The van der Waals surface area contributed by atoms with Gasteiger partial charge in [-0.2, -0.15) is 0 Å². The molecule has 162 valence electrons. The smallest absolute Gasteiger partial charge is 0.271 e. The normalized spacial score (nSPS) is 12.2. The number of carbonyl (C=O) groups is 1. The van der Waals surface area contributed by atoms with E-state index in [9.17, 15) is 23.3 Å². The first kappa shape index (κ1) is 23.3. The van der Waals surface area contributed by atoms with Crippen LogP contribution >= 0.6 is 0 Å². The summed E-state index contributed by atoms with van der Waals surface area (Å²) in [4.78, 5) is 22.7. The molecule has 0 spiro atoms. The van der Waals surface area contributed by atoms with Crippen LogP contribution in [0, 0.1) is 10.1 Å².